The zero-order chi connectivity index (χ0) is 15.7. The van der Waals surface area contributed by atoms with Crippen molar-refractivity contribution in [3.05, 3.63) is 50.8 Å². The molecule has 3 rings (SSSR count). The summed E-state index contributed by atoms with van der Waals surface area (Å²) in [4.78, 5) is 34.4. The molecule has 1 N–H and O–H groups in total. The molecular weight excluding hydrogens is 307 g/mol. The second-order valence-electron chi connectivity index (χ2n) is 5.23. The van der Waals surface area contributed by atoms with Gasteiger partial charge in [-0.3, -0.25) is 14.4 Å². The van der Waals surface area contributed by atoms with E-state index < -0.39 is 5.82 Å². The van der Waals surface area contributed by atoms with Gasteiger partial charge < -0.3 is 9.88 Å². The average Bonchev–Trinajstić information content (AvgIpc) is 2.84. The predicted octanol–water partition coefficient (Wildman–Crippen LogP) is 2.01. The Morgan fingerprint density at radius 3 is 2.77 bits per heavy atom. The summed E-state index contributed by atoms with van der Waals surface area (Å²) in [6, 6.07) is 4.02. The SMILES string of the molecule is O=C1CC(C(=O)Nc2ccc(F)cc2Cn2ccsc2=O)C1. The Morgan fingerprint density at radius 2 is 2.14 bits per heavy atom. The molecule has 22 heavy (non-hydrogen) atoms. The molecule has 0 atom stereocenters. The maximum absolute atomic E-state index is 13.5. The molecule has 1 amide bonds. The van der Waals surface area contributed by atoms with Gasteiger partial charge in [-0.25, -0.2) is 4.39 Å². The van der Waals surface area contributed by atoms with E-state index in [0.717, 1.165) is 11.3 Å². The molecule has 1 aromatic carbocycles. The third-order valence-electron chi connectivity index (χ3n) is 3.63. The Morgan fingerprint density at radius 1 is 1.36 bits per heavy atom. The van der Waals surface area contributed by atoms with Crippen molar-refractivity contribution in [3.8, 4) is 0 Å². The molecule has 1 aromatic heterocycles. The molecule has 7 heteroatoms. The van der Waals surface area contributed by atoms with Crippen molar-refractivity contribution < 1.29 is 14.0 Å². The number of hydrogen-bond donors (Lipinski definition) is 1. The van der Waals surface area contributed by atoms with Gasteiger partial charge in [0.05, 0.1) is 12.5 Å². The van der Waals surface area contributed by atoms with Crippen molar-refractivity contribution in [2.45, 2.75) is 19.4 Å². The van der Waals surface area contributed by atoms with Gasteiger partial charge in [0.25, 0.3) is 0 Å². The minimum absolute atomic E-state index is 0.0734. The number of aromatic nitrogens is 1. The first-order chi connectivity index (χ1) is 10.5. The summed E-state index contributed by atoms with van der Waals surface area (Å²) >= 11 is 1.05. The Kier molecular flexibility index (Phi) is 3.89. The van der Waals surface area contributed by atoms with E-state index in [0.29, 0.717) is 11.3 Å². The van der Waals surface area contributed by atoms with E-state index in [9.17, 15) is 18.8 Å². The topological polar surface area (TPSA) is 68.2 Å². The van der Waals surface area contributed by atoms with Crippen LogP contribution in [0.3, 0.4) is 0 Å². The number of carbonyl (C=O) groups is 2. The summed E-state index contributed by atoms with van der Waals surface area (Å²) < 4.78 is 14.9. The molecule has 1 aliphatic rings. The number of benzene rings is 1. The highest BCUT2D eigenvalue weighted by Crippen LogP contribution is 2.26. The van der Waals surface area contributed by atoms with Crippen LogP contribution in [0.25, 0.3) is 0 Å². The molecule has 5 nitrogen and oxygen atoms in total. The molecule has 0 aliphatic heterocycles. The molecule has 1 heterocycles. The van der Waals surface area contributed by atoms with E-state index in [1.165, 1.54) is 22.8 Å². The van der Waals surface area contributed by atoms with Crippen LogP contribution in [-0.2, 0) is 16.1 Å². The van der Waals surface area contributed by atoms with Gasteiger partial charge in [0.2, 0.25) is 5.91 Å². The second-order valence-corrected chi connectivity index (χ2v) is 6.09. The van der Waals surface area contributed by atoms with Crippen LogP contribution >= 0.6 is 11.3 Å². The lowest BCUT2D eigenvalue weighted by molar-refractivity contribution is -0.135. The van der Waals surface area contributed by atoms with Crippen LogP contribution in [0.15, 0.2) is 34.6 Å². The maximum Gasteiger partial charge on any atom is 0.307 e. The Hall–Kier alpha value is -2.28. The van der Waals surface area contributed by atoms with E-state index in [4.69, 9.17) is 0 Å². The molecule has 0 saturated heterocycles. The number of nitrogens with one attached hydrogen (secondary N) is 1. The first kappa shape index (κ1) is 14.6. The number of rotatable bonds is 4. The van der Waals surface area contributed by atoms with Gasteiger partial charge >= 0.3 is 4.87 Å². The van der Waals surface area contributed by atoms with Crippen molar-refractivity contribution in [3.63, 3.8) is 0 Å². The smallest absolute Gasteiger partial charge is 0.307 e. The lowest BCUT2D eigenvalue weighted by Gasteiger charge is -2.23. The van der Waals surface area contributed by atoms with Gasteiger partial charge in [-0.05, 0) is 23.8 Å². The van der Waals surface area contributed by atoms with E-state index >= 15 is 0 Å². The van der Waals surface area contributed by atoms with E-state index in [2.05, 4.69) is 5.32 Å². The number of halogens is 1. The minimum atomic E-state index is -0.435. The summed E-state index contributed by atoms with van der Waals surface area (Å²) in [6.07, 6.45) is 2.13. The lowest BCUT2D eigenvalue weighted by atomic mass is 9.83. The summed E-state index contributed by atoms with van der Waals surface area (Å²) in [5, 5.41) is 4.37. The summed E-state index contributed by atoms with van der Waals surface area (Å²) in [6.45, 7) is 0.180. The van der Waals surface area contributed by atoms with Crippen LogP contribution in [0.4, 0.5) is 10.1 Å². The molecule has 1 fully saturated rings. The van der Waals surface area contributed by atoms with Gasteiger partial charge in [0, 0.05) is 30.1 Å². The zero-order valence-corrected chi connectivity index (χ0v) is 12.4. The molecule has 0 bridgehead atoms. The molecule has 0 radical (unpaired) electrons. The zero-order valence-electron chi connectivity index (χ0n) is 11.5. The highest BCUT2D eigenvalue weighted by molar-refractivity contribution is 7.07. The Labute approximate surface area is 129 Å². The molecule has 1 saturated carbocycles. The second kappa shape index (κ2) is 5.84. The molecule has 0 unspecified atom stereocenters. The highest BCUT2D eigenvalue weighted by atomic mass is 32.1. The first-order valence-electron chi connectivity index (χ1n) is 6.78. The third kappa shape index (κ3) is 2.99. The van der Waals surface area contributed by atoms with Crippen LogP contribution in [0.1, 0.15) is 18.4 Å². The fourth-order valence-corrected chi connectivity index (χ4v) is 2.90. The van der Waals surface area contributed by atoms with Crippen molar-refractivity contribution >= 4 is 28.7 Å². The van der Waals surface area contributed by atoms with Gasteiger partial charge in [-0.1, -0.05) is 11.3 Å². The van der Waals surface area contributed by atoms with Gasteiger partial charge in [0.15, 0.2) is 0 Å². The molecule has 114 valence electrons. The van der Waals surface area contributed by atoms with Crippen molar-refractivity contribution in [2.24, 2.45) is 5.92 Å². The highest BCUT2D eigenvalue weighted by Gasteiger charge is 2.32. The minimum Gasteiger partial charge on any atom is -0.326 e. The quantitative estimate of drug-likeness (QED) is 0.937. The van der Waals surface area contributed by atoms with E-state index in [-0.39, 0.29) is 41.9 Å². The molecule has 2 aromatic rings. The van der Waals surface area contributed by atoms with Gasteiger partial charge in [-0.2, -0.15) is 0 Å². The number of nitrogens with zero attached hydrogens (tertiary/aromatic N) is 1. The number of amides is 1. The maximum atomic E-state index is 13.5. The number of Topliss-reactive ketones (excluding diaryl/α,β-unsaturated/α-hetero) is 1. The van der Waals surface area contributed by atoms with Crippen LogP contribution in [0, 0.1) is 11.7 Å². The standard InChI is InChI=1S/C15H13FN2O3S/c16-11-1-2-13(17-14(20)9-6-12(19)7-9)10(5-11)8-18-3-4-22-15(18)21/h1-5,9H,6-8H2,(H,17,20). The Bertz CT molecular complexity index is 788. The first-order valence-corrected chi connectivity index (χ1v) is 7.66. The van der Waals surface area contributed by atoms with Gasteiger partial charge in [-0.15, -0.1) is 0 Å². The van der Waals surface area contributed by atoms with E-state index in [1.54, 1.807) is 11.6 Å². The number of ketones is 1. The monoisotopic (exact) mass is 320 g/mol. The summed E-state index contributed by atoms with van der Waals surface area (Å²) in [5.74, 6) is -0.918. The molecular formula is C15H13FN2O3S. The predicted molar refractivity (Wildman–Crippen MR) is 80.4 cm³/mol. The summed E-state index contributed by atoms with van der Waals surface area (Å²) in [5.41, 5.74) is 0.975. The van der Waals surface area contributed by atoms with Crippen LogP contribution < -0.4 is 10.2 Å². The molecule has 0 spiro atoms. The average molecular weight is 320 g/mol. The van der Waals surface area contributed by atoms with Gasteiger partial charge in [0.1, 0.15) is 11.6 Å². The van der Waals surface area contributed by atoms with Crippen molar-refractivity contribution in [1.82, 2.24) is 4.57 Å². The Balaban J connectivity index is 1.81. The van der Waals surface area contributed by atoms with E-state index in [1.807, 2.05) is 0 Å². The largest absolute Gasteiger partial charge is 0.326 e. The third-order valence-corrected chi connectivity index (χ3v) is 4.32. The van der Waals surface area contributed by atoms with Crippen LogP contribution in [0.5, 0.6) is 0 Å². The number of thiazole rings is 1. The number of hydrogen-bond acceptors (Lipinski definition) is 4. The van der Waals surface area contributed by atoms with Crippen LogP contribution in [0.2, 0.25) is 0 Å². The number of anilines is 1. The summed E-state index contributed by atoms with van der Waals surface area (Å²) in [7, 11) is 0. The normalized spacial score (nSPS) is 14.7. The van der Waals surface area contributed by atoms with Crippen molar-refractivity contribution in [1.29, 1.82) is 0 Å². The number of carbonyl (C=O) groups excluding carboxylic acids is 2. The van der Waals surface area contributed by atoms with Crippen LogP contribution in [-0.4, -0.2) is 16.3 Å². The van der Waals surface area contributed by atoms with Crippen molar-refractivity contribution in [2.75, 3.05) is 5.32 Å². The lowest BCUT2D eigenvalue weighted by Crippen LogP contribution is -2.34. The fraction of sp³-hybridized carbons (Fsp3) is 0.267. The molecule has 1 aliphatic carbocycles. The fourth-order valence-electron chi connectivity index (χ4n) is 2.32.